The number of aliphatic carboxylic acids is 1. The highest BCUT2D eigenvalue weighted by Gasteiger charge is 2.22. The minimum atomic E-state index is -3.85. The van der Waals surface area contributed by atoms with Crippen LogP contribution in [0, 0.1) is 5.92 Å². The average molecular weight is 419 g/mol. The van der Waals surface area contributed by atoms with Crippen LogP contribution in [0.15, 0.2) is 21.5 Å². The standard InChI is InChI=1S/C12H14BrCl2NO4S/c1-7(2-3-11(17)18)6-16-21(19,20)12-9(14)4-8(13)5-10(12)15/h4-5,7,16H,2-3,6H2,1H3,(H,17,18). The van der Waals surface area contributed by atoms with Gasteiger partial charge in [0, 0.05) is 17.4 Å². The average Bonchev–Trinajstić information content (AvgIpc) is 2.32. The van der Waals surface area contributed by atoms with E-state index in [0.717, 1.165) is 0 Å². The fraction of sp³-hybridized carbons (Fsp3) is 0.417. The van der Waals surface area contributed by atoms with Crippen LogP contribution in [0.2, 0.25) is 10.0 Å². The Labute approximate surface area is 141 Å². The number of sulfonamides is 1. The number of rotatable bonds is 7. The molecule has 0 amide bonds. The van der Waals surface area contributed by atoms with Crippen LogP contribution in [0.25, 0.3) is 0 Å². The lowest BCUT2D eigenvalue weighted by Crippen LogP contribution is -2.29. The molecule has 21 heavy (non-hydrogen) atoms. The summed E-state index contributed by atoms with van der Waals surface area (Å²) >= 11 is 15.0. The van der Waals surface area contributed by atoms with E-state index in [-0.39, 0.29) is 33.8 Å². The van der Waals surface area contributed by atoms with Crippen LogP contribution in [0.3, 0.4) is 0 Å². The molecule has 0 aromatic heterocycles. The van der Waals surface area contributed by atoms with Gasteiger partial charge >= 0.3 is 5.97 Å². The lowest BCUT2D eigenvalue weighted by molar-refractivity contribution is -0.137. The zero-order chi connectivity index (χ0) is 16.2. The lowest BCUT2D eigenvalue weighted by Gasteiger charge is -2.14. The van der Waals surface area contributed by atoms with E-state index in [1.54, 1.807) is 6.92 Å². The van der Waals surface area contributed by atoms with Crippen LogP contribution >= 0.6 is 39.1 Å². The maximum absolute atomic E-state index is 12.2. The minimum absolute atomic E-state index is 0.0112. The Kier molecular flexibility index (Phi) is 6.93. The van der Waals surface area contributed by atoms with Crippen molar-refractivity contribution in [3.05, 3.63) is 26.7 Å². The quantitative estimate of drug-likeness (QED) is 0.709. The lowest BCUT2D eigenvalue weighted by atomic mass is 10.1. The van der Waals surface area contributed by atoms with Gasteiger partial charge in [-0.3, -0.25) is 4.79 Å². The summed E-state index contributed by atoms with van der Waals surface area (Å²) in [5, 5.41) is 8.62. The van der Waals surface area contributed by atoms with Crippen molar-refractivity contribution in [2.75, 3.05) is 6.54 Å². The van der Waals surface area contributed by atoms with Crippen LogP contribution < -0.4 is 4.72 Å². The van der Waals surface area contributed by atoms with Crippen LogP contribution in [0.5, 0.6) is 0 Å². The number of carbonyl (C=O) groups is 1. The first-order valence-corrected chi connectivity index (χ1v) is 9.02. The van der Waals surface area contributed by atoms with Crippen molar-refractivity contribution in [3.63, 3.8) is 0 Å². The fourth-order valence-corrected chi connectivity index (χ4v) is 4.68. The summed E-state index contributed by atoms with van der Waals surface area (Å²) in [7, 11) is -3.85. The van der Waals surface area contributed by atoms with Crippen molar-refractivity contribution in [3.8, 4) is 0 Å². The molecule has 1 unspecified atom stereocenters. The molecule has 0 spiro atoms. The van der Waals surface area contributed by atoms with E-state index >= 15 is 0 Å². The van der Waals surface area contributed by atoms with Gasteiger partial charge in [-0.15, -0.1) is 0 Å². The van der Waals surface area contributed by atoms with Crippen LogP contribution in [-0.2, 0) is 14.8 Å². The molecule has 0 aliphatic heterocycles. The fourth-order valence-electron chi connectivity index (χ4n) is 1.58. The van der Waals surface area contributed by atoms with E-state index < -0.39 is 16.0 Å². The molecule has 0 radical (unpaired) electrons. The highest BCUT2D eigenvalue weighted by molar-refractivity contribution is 9.10. The molecule has 0 saturated carbocycles. The Balaban J connectivity index is 2.81. The molecule has 1 aromatic rings. The molecule has 1 rings (SSSR count). The highest BCUT2D eigenvalue weighted by Crippen LogP contribution is 2.32. The number of carboxylic acids is 1. The van der Waals surface area contributed by atoms with E-state index in [1.807, 2.05) is 0 Å². The van der Waals surface area contributed by atoms with E-state index in [1.165, 1.54) is 12.1 Å². The van der Waals surface area contributed by atoms with Gasteiger partial charge in [0.2, 0.25) is 10.0 Å². The van der Waals surface area contributed by atoms with Gasteiger partial charge in [-0.1, -0.05) is 46.1 Å². The van der Waals surface area contributed by atoms with E-state index in [0.29, 0.717) is 10.9 Å². The van der Waals surface area contributed by atoms with Crippen molar-refractivity contribution in [2.45, 2.75) is 24.7 Å². The van der Waals surface area contributed by atoms with Crippen molar-refractivity contribution in [2.24, 2.45) is 5.92 Å². The zero-order valence-electron chi connectivity index (χ0n) is 11.1. The summed E-state index contributed by atoms with van der Waals surface area (Å²) < 4.78 is 27.4. The second kappa shape index (κ2) is 7.78. The summed E-state index contributed by atoms with van der Waals surface area (Å²) in [6, 6.07) is 2.88. The van der Waals surface area contributed by atoms with Gasteiger partial charge < -0.3 is 5.11 Å². The third-order valence-corrected chi connectivity index (χ3v) is 5.51. The molecule has 9 heteroatoms. The monoisotopic (exact) mass is 417 g/mol. The Morgan fingerprint density at radius 1 is 1.38 bits per heavy atom. The van der Waals surface area contributed by atoms with Crippen LogP contribution in [-0.4, -0.2) is 26.0 Å². The summed E-state index contributed by atoms with van der Waals surface area (Å²) in [5.41, 5.74) is 0. The first kappa shape index (κ1) is 18.7. The van der Waals surface area contributed by atoms with Crippen molar-refractivity contribution in [1.29, 1.82) is 0 Å². The molecule has 1 aromatic carbocycles. The highest BCUT2D eigenvalue weighted by atomic mass is 79.9. The Morgan fingerprint density at radius 2 is 1.90 bits per heavy atom. The third-order valence-electron chi connectivity index (χ3n) is 2.70. The van der Waals surface area contributed by atoms with E-state index in [9.17, 15) is 13.2 Å². The van der Waals surface area contributed by atoms with Gasteiger partial charge in [-0.2, -0.15) is 0 Å². The van der Waals surface area contributed by atoms with Gasteiger partial charge in [-0.05, 0) is 24.5 Å². The zero-order valence-corrected chi connectivity index (χ0v) is 15.0. The molecule has 0 aliphatic rings. The molecular formula is C12H14BrCl2NO4S. The number of nitrogens with one attached hydrogen (secondary N) is 1. The summed E-state index contributed by atoms with van der Waals surface area (Å²) in [6.07, 6.45) is 0.363. The summed E-state index contributed by atoms with van der Waals surface area (Å²) in [6.45, 7) is 1.87. The predicted octanol–water partition coefficient (Wildman–Crippen LogP) is 3.54. The molecule has 0 aliphatic carbocycles. The van der Waals surface area contributed by atoms with Crippen LogP contribution in [0.4, 0.5) is 0 Å². The minimum Gasteiger partial charge on any atom is -0.481 e. The first-order valence-electron chi connectivity index (χ1n) is 5.99. The van der Waals surface area contributed by atoms with Gasteiger partial charge in [0.15, 0.2) is 0 Å². The first-order chi connectivity index (χ1) is 9.63. The Hall–Kier alpha value is -0.340. The van der Waals surface area contributed by atoms with Gasteiger partial charge in [0.1, 0.15) is 4.90 Å². The third kappa shape index (κ3) is 5.75. The van der Waals surface area contributed by atoms with Gasteiger partial charge in [-0.25, -0.2) is 13.1 Å². The topological polar surface area (TPSA) is 83.5 Å². The maximum atomic E-state index is 12.2. The molecule has 0 saturated heterocycles. The molecule has 118 valence electrons. The molecule has 0 bridgehead atoms. The number of carboxylic acid groups (broad SMARTS) is 1. The Bertz CT molecular complexity index is 613. The number of hydrogen-bond acceptors (Lipinski definition) is 3. The normalized spacial score (nSPS) is 13.1. The maximum Gasteiger partial charge on any atom is 0.303 e. The van der Waals surface area contributed by atoms with E-state index in [4.69, 9.17) is 28.3 Å². The second-order valence-electron chi connectivity index (χ2n) is 4.59. The largest absolute Gasteiger partial charge is 0.481 e. The van der Waals surface area contributed by atoms with Crippen molar-refractivity contribution in [1.82, 2.24) is 4.72 Å². The molecule has 1 atom stereocenters. The van der Waals surface area contributed by atoms with E-state index in [2.05, 4.69) is 20.7 Å². The number of halogens is 3. The SMILES string of the molecule is CC(CCC(=O)O)CNS(=O)(=O)c1c(Cl)cc(Br)cc1Cl. The van der Waals surface area contributed by atoms with Crippen molar-refractivity contribution < 1.29 is 18.3 Å². The number of benzene rings is 1. The van der Waals surface area contributed by atoms with Crippen molar-refractivity contribution >= 4 is 55.1 Å². The summed E-state index contributed by atoms with van der Waals surface area (Å²) in [5.74, 6) is -1.03. The molecule has 2 N–H and O–H groups in total. The van der Waals surface area contributed by atoms with Gasteiger partial charge in [0.05, 0.1) is 10.0 Å². The second-order valence-corrected chi connectivity index (χ2v) is 8.02. The van der Waals surface area contributed by atoms with Crippen LogP contribution in [0.1, 0.15) is 19.8 Å². The molecular weight excluding hydrogens is 405 g/mol. The molecule has 5 nitrogen and oxygen atoms in total. The molecule has 0 fully saturated rings. The predicted molar refractivity (Wildman–Crippen MR) is 85.4 cm³/mol. The smallest absolute Gasteiger partial charge is 0.303 e. The Morgan fingerprint density at radius 3 is 2.38 bits per heavy atom. The summed E-state index contributed by atoms with van der Waals surface area (Å²) in [4.78, 5) is 10.3. The molecule has 0 heterocycles. The number of hydrogen-bond donors (Lipinski definition) is 2. The van der Waals surface area contributed by atoms with Gasteiger partial charge in [0.25, 0.3) is 0 Å².